The van der Waals surface area contributed by atoms with Crippen LogP contribution in [-0.2, 0) is 4.79 Å². The van der Waals surface area contributed by atoms with Crippen molar-refractivity contribution in [2.45, 2.75) is 0 Å². The molecule has 2 aromatic rings. The molecule has 23 heavy (non-hydrogen) atoms. The zero-order valence-electron chi connectivity index (χ0n) is 12.1. The van der Waals surface area contributed by atoms with E-state index in [4.69, 9.17) is 9.47 Å². The van der Waals surface area contributed by atoms with Gasteiger partial charge in [0.05, 0.1) is 17.7 Å². The van der Waals surface area contributed by atoms with Gasteiger partial charge in [-0.3, -0.25) is 14.9 Å². The number of benzene rings is 2. The average molecular weight is 381 g/mol. The number of hydrogen-bond donors (Lipinski definition) is 1. The van der Waals surface area contributed by atoms with Crippen LogP contribution in [0.4, 0.5) is 11.4 Å². The fourth-order valence-electron chi connectivity index (χ4n) is 1.80. The molecular formula is C15H13BrN2O5. The summed E-state index contributed by atoms with van der Waals surface area (Å²) < 4.78 is 11.3. The molecular weight excluding hydrogens is 368 g/mol. The summed E-state index contributed by atoms with van der Waals surface area (Å²) in [5, 5.41) is 13.3. The van der Waals surface area contributed by atoms with Crippen LogP contribution in [0.1, 0.15) is 0 Å². The number of anilines is 1. The topological polar surface area (TPSA) is 90.7 Å². The molecule has 2 aromatic carbocycles. The first-order valence-electron chi connectivity index (χ1n) is 6.50. The summed E-state index contributed by atoms with van der Waals surface area (Å²) in [6.07, 6.45) is 0. The monoisotopic (exact) mass is 380 g/mol. The van der Waals surface area contributed by atoms with Crippen LogP contribution in [0.3, 0.4) is 0 Å². The lowest BCUT2D eigenvalue weighted by molar-refractivity contribution is -0.384. The van der Waals surface area contributed by atoms with Gasteiger partial charge in [-0.05, 0) is 24.3 Å². The standard InChI is InChI=1S/C15H13BrN2O5/c1-22-14-6-5-11(18(20)21)8-13(14)17-15(19)9-23-12-4-2-3-10(16)7-12/h2-8H,9H2,1H3,(H,17,19). The minimum Gasteiger partial charge on any atom is -0.495 e. The number of rotatable bonds is 6. The van der Waals surface area contributed by atoms with Crippen LogP contribution < -0.4 is 14.8 Å². The maximum Gasteiger partial charge on any atom is 0.271 e. The van der Waals surface area contributed by atoms with Crippen LogP contribution in [-0.4, -0.2) is 24.5 Å². The second-order valence-corrected chi connectivity index (χ2v) is 5.35. The third kappa shape index (κ3) is 4.68. The number of nitrogens with zero attached hydrogens (tertiary/aromatic N) is 1. The van der Waals surface area contributed by atoms with Gasteiger partial charge in [0.25, 0.3) is 11.6 Å². The summed E-state index contributed by atoms with van der Waals surface area (Å²) in [6.45, 7) is -0.234. The van der Waals surface area contributed by atoms with Crippen LogP contribution in [0.15, 0.2) is 46.9 Å². The van der Waals surface area contributed by atoms with Crippen molar-refractivity contribution in [3.05, 3.63) is 57.1 Å². The van der Waals surface area contributed by atoms with E-state index in [0.29, 0.717) is 11.5 Å². The number of carbonyl (C=O) groups is 1. The van der Waals surface area contributed by atoms with Crippen LogP contribution in [0.25, 0.3) is 0 Å². The number of nitro benzene ring substituents is 1. The molecule has 120 valence electrons. The maximum absolute atomic E-state index is 11.9. The Bertz CT molecular complexity index is 736. The van der Waals surface area contributed by atoms with Crippen molar-refractivity contribution >= 4 is 33.2 Å². The molecule has 2 rings (SSSR count). The average Bonchev–Trinajstić information content (AvgIpc) is 2.53. The van der Waals surface area contributed by atoms with Gasteiger partial charge in [0, 0.05) is 16.6 Å². The van der Waals surface area contributed by atoms with Gasteiger partial charge < -0.3 is 14.8 Å². The van der Waals surface area contributed by atoms with Crippen LogP contribution in [0.2, 0.25) is 0 Å². The molecule has 0 saturated heterocycles. The predicted molar refractivity (Wildman–Crippen MR) is 87.9 cm³/mol. The highest BCUT2D eigenvalue weighted by atomic mass is 79.9. The summed E-state index contributed by atoms with van der Waals surface area (Å²) in [4.78, 5) is 22.2. The molecule has 0 aromatic heterocycles. The molecule has 0 spiro atoms. The van der Waals surface area contributed by atoms with Crippen molar-refractivity contribution < 1.29 is 19.2 Å². The van der Waals surface area contributed by atoms with E-state index >= 15 is 0 Å². The second-order valence-electron chi connectivity index (χ2n) is 4.44. The largest absolute Gasteiger partial charge is 0.495 e. The second kappa shape index (κ2) is 7.59. The molecule has 0 aliphatic carbocycles. The first kappa shape index (κ1) is 16.8. The zero-order chi connectivity index (χ0) is 16.8. The van der Waals surface area contributed by atoms with E-state index in [2.05, 4.69) is 21.2 Å². The molecule has 0 radical (unpaired) electrons. The molecule has 0 bridgehead atoms. The predicted octanol–water partition coefficient (Wildman–Crippen LogP) is 3.38. The fraction of sp³-hybridized carbons (Fsp3) is 0.133. The number of ether oxygens (including phenoxy) is 2. The fourth-order valence-corrected chi connectivity index (χ4v) is 2.18. The molecule has 0 atom stereocenters. The van der Waals surface area contributed by atoms with E-state index in [1.165, 1.54) is 25.3 Å². The van der Waals surface area contributed by atoms with Gasteiger partial charge in [-0.25, -0.2) is 0 Å². The van der Waals surface area contributed by atoms with Crippen molar-refractivity contribution in [2.75, 3.05) is 19.0 Å². The minimum absolute atomic E-state index is 0.144. The minimum atomic E-state index is -0.549. The summed E-state index contributed by atoms with van der Waals surface area (Å²) >= 11 is 3.30. The smallest absolute Gasteiger partial charge is 0.271 e. The lowest BCUT2D eigenvalue weighted by Crippen LogP contribution is -2.20. The van der Waals surface area contributed by atoms with E-state index in [9.17, 15) is 14.9 Å². The molecule has 0 fully saturated rings. The van der Waals surface area contributed by atoms with Gasteiger partial charge in [-0.15, -0.1) is 0 Å². The van der Waals surface area contributed by atoms with Crippen molar-refractivity contribution in [3.8, 4) is 11.5 Å². The van der Waals surface area contributed by atoms with Crippen molar-refractivity contribution in [2.24, 2.45) is 0 Å². The van der Waals surface area contributed by atoms with Crippen LogP contribution in [0.5, 0.6) is 11.5 Å². The van der Waals surface area contributed by atoms with Crippen molar-refractivity contribution in [1.29, 1.82) is 0 Å². The Morgan fingerprint density at radius 1 is 1.30 bits per heavy atom. The van der Waals surface area contributed by atoms with E-state index < -0.39 is 10.8 Å². The van der Waals surface area contributed by atoms with Gasteiger partial charge in [-0.1, -0.05) is 22.0 Å². The van der Waals surface area contributed by atoms with E-state index in [0.717, 1.165) is 4.47 Å². The molecule has 0 saturated carbocycles. The van der Waals surface area contributed by atoms with E-state index in [1.807, 2.05) is 6.07 Å². The number of carbonyl (C=O) groups excluding carboxylic acids is 1. The Kier molecular flexibility index (Phi) is 5.53. The number of hydrogen-bond acceptors (Lipinski definition) is 5. The molecule has 0 aliphatic rings. The highest BCUT2D eigenvalue weighted by Gasteiger charge is 2.14. The normalized spacial score (nSPS) is 10.0. The van der Waals surface area contributed by atoms with E-state index in [1.54, 1.807) is 18.2 Å². The Morgan fingerprint density at radius 3 is 2.74 bits per heavy atom. The molecule has 7 nitrogen and oxygen atoms in total. The first-order chi connectivity index (χ1) is 11.0. The number of nitro groups is 1. The number of non-ortho nitro benzene ring substituents is 1. The lowest BCUT2D eigenvalue weighted by atomic mass is 10.2. The van der Waals surface area contributed by atoms with E-state index in [-0.39, 0.29) is 18.0 Å². The van der Waals surface area contributed by atoms with Gasteiger partial charge >= 0.3 is 0 Å². The highest BCUT2D eigenvalue weighted by molar-refractivity contribution is 9.10. The van der Waals surface area contributed by atoms with Crippen LogP contribution >= 0.6 is 15.9 Å². The lowest BCUT2D eigenvalue weighted by Gasteiger charge is -2.11. The molecule has 8 heteroatoms. The summed E-state index contributed by atoms with van der Waals surface area (Å²) in [7, 11) is 1.41. The molecule has 0 unspecified atom stereocenters. The summed E-state index contributed by atoms with van der Waals surface area (Å²) in [6, 6.07) is 11.0. The van der Waals surface area contributed by atoms with Crippen molar-refractivity contribution in [3.63, 3.8) is 0 Å². The Labute approximate surface area is 140 Å². The number of halogens is 1. The highest BCUT2D eigenvalue weighted by Crippen LogP contribution is 2.28. The van der Waals surface area contributed by atoms with Gasteiger partial charge in [-0.2, -0.15) is 0 Å². The molecule has 0 aliphatic heterocycles. The number of amides is 1. The maximum atomic E-state index is 11.9. The molecule has 0 heterocycles. The third-order valence-electron chi connectivity index (χ3n) is 2.83. The molecule has 1 N–H and O–H groups in total. The Balaban J connectivity index is 2.04. The number of methoxy groups -OCH3 is 1. The number of nitrogens with one attached hydrogen (secondary N) is 1. The first-order valence-corrected chi connectivity index (χ1v) is 7.29. The summed E-state index contributed by atoms with van der Waals surface area (Å²) in [5.41, 5.74) is 0.0681. The quantitative estimate of drug-likeness (QED) is 0.612. The molecule has 1 amide bonds. The third-order valence-corrected chi connectivity index (χ3v) is 3.33. The van der Waals surface area contributed by atoms with Crippen LogP contribution in [0, 0.1) is 10.1 Å². The Hall–Kier alpha value is -2.61. The Morgan fingerprint density at radius 2 is 2.09 bits per heavy atom. The SMILES string of the molecule is COc1ccc([N+](=O)[O-])cc1NC(=O)COc1cccc(Br)c1. The van der Waals surface area contributed by atoms with Gasteiger partial charge in [0.2, 0.25) is 0 Å². The zero-order valence-corrected chi connectivity index (χ0v) is 13.7. The van der Waals surface area contributed by atoms with Gasteiger partial charge in [0.15, 0.2) is 6.61 Å². The van der Waals surface area contributed by atoms with Gasteiger partial charge in [0.1, 0.15) is 11.5 Å². The summed E-state index contributed by atoms with van der Waals surface area (Å²) in [5.74, 6) is 0.399. The van der Waals surface area contributed by atoms with Crippen molar-refractivity contribution in [1.82, 2.24) is 0 Å².